The van der Waals surface area contributed by atoms with E-state index in [0.29, 0.717) is 5.69 Å². The molecule has 3 rings (SSSR count). The summed E-state index contributed by atoms with van der Waals surface area (Å²) in [6.45, 7) is 0. The second kappa shape index (κ2) is 6.53. The van der Waals surface area contributed by atoms with E-state index in [-0.39, 0.29) is 11.9 Å². The molecule has 3 heterocycles. The fraction of sp³-hybridized carbons (Fsp3) is 0.188. The van der Waals surface area contributed by atoms with Crippen molar-refractivity contribution in [2.45, 2.75) is 12.5 Å². The Kier molecular flexibility index (Phi) is 4.29. The van der Waals surface area contributed by atoms with Gasteiger partial charge in [-0.2, -0.15) is 16.4 Å². The summed E-state index contributed by atoms with van der Waals surface area (Å²) in [5, 5.41) is 11.3. The van der Waals surface area contributed by atoms with Crippen molar-refractivity contribution in [1.29, 1.82) is 0 Å². The molecule has 1 N–H and O–H groups in total. The first-order valence-corrected chi connectivity index (χ1v) is 7.88. The third-order valence-electron chi connectivity index (χ3n) is 3.47. The van der Waals surface area contributed by atoms with E-state index in [2.05, 4.69) is 26.8 Å². The monoisotopic (exact) mass is 312 g/mol. The summed E-state index contributed by atoms with van der Waals surface area (Å²) in [4.78, 5) is 16.6. The number of carbonyl (C=O) groups is 1. The first kappa shape index (κ1) is 14.5. The molecule has 0 aliphatic heterocycles. The summed E-state index contributed by atoms with van der Waals surface area (Å²) in [7, 11) is 1.76. The zero-order valence-corrected chi connectivity index (χ0v) is 13.0. The minimum atomic E-state index is -0.135. The van der Waals surface area contributed by atoms with Gasteiger partial charge in [0.05, 0.1) is 6.04 Å². The number of hydrogen-bond acceptors (Lipinski definition) is 4. The number of nitrogens with zero attached hydrogens (tertiary/aromatic N) is 3. The average molecular weight is 312 g/mol. The van der Waals surface area contributed by atoms with E-state index in [1.165, 1.54) is 5.56 Å². The quantitative estimate of drug-likeness (QED) is 0.788. The Hall–Kier alpha value is -2.47. The average Bonchev–Trinajstić information content (AvgIpc) is 3.19. The van der Waals surface area contributed by atoms with Crippen molar-refractivity contribution >= 4 is 17.2 Å². The minimum Gasteiger partial charge on any atom is -0.344 e. The minimum absolute atomic E-state index is 0.120. The van der Waals surface area contributed by atoms with Crippen LogP contribution < -0.4 is 5.32 Å². The Morgan fingerprint density at radius 1 is 1.36 bits per heavy atom. The van der Waals surface area contributed by atoms with Gasteiger partial charge in [0.1, 0.15) is 5.69 Å². The molecule has 1 atom stereocenters. The standard InChI is InChI=1S/C16H16N4OS/c1-20-15(4-7-18-20)16(21)19-14(9-12-5-8-22-11-12)13-3-2-6-17-10-13/h2-8,10-11,14H,9H2,1H3,(H,19,21)/t14-/m0/s1. The summed E-state index contributed by atoms with van der Waals surface area (Å²) in [6, 6.07) is 7.52. The largest absolute Gasteiger partial charge is 0.344 e. The van der Waals surface area contributed by atoms with Crippen LogP contribution in [0.4, 0.5) is 0 Å². The Bertz CT molecular complexity index is 737. The molecule has 0 fully saturated rings. The number of hydrogen-bond donors (Lipinski definition) is 1. The van der Waals surface area contributed by atoms with E-state index in [1.807, 2.05) is 17.5 Å². The molecule has 5 nitrogen and oxygen atoms in total. The van der Waals surface area contributed by atoms with Crippen molar-refractivity contribution in [3.05, 3.63) is 70.4 Å². The molecule has 0 spiro atoms. The van der Waals surface area contributed by atoms with Gasteiger partial charge in [0.15, 0.2) is 0 Å². The first-order valence-electron chi connectivity index (χ1n) is 6.94. The van der Waals surface area contributed by atoms with Crippen LogP contribution in [0.25, 0.3) is 0 Å². The lowest BCUT2D eigenvalue weighted by Gasteiger charge is -2.18. The van der Waals surface area contributed by atoms with E-state index in [0.717, 1.165) is 12.0 Å². The fourth-order valence-corrected chi connectivity index (χ4v) is 2.99. The molecule has 0 unspecified atom stereocenters. The lowest BCUT2D eigenvalue weighted by molar-refractivity contribution is 0.0927. The third kappa shape index (κ3) is 3.23. The Balaban J connectivity index is 1.82. The topological polar surface area (TPSA) is 59.8 Å². The van der Waals surface area contributed by atoms with Gasteiger partial charge in [0.25, 0.3) is 5.91 Å². The normalized spacial score (nSPS) is 12.0. The van der Waals surface area contributed by atoms with Gasteiger partial charge < -0.3 is 5.32 Å². The molecule has 0 radical (unpaired) electrons. The van der Waals surface area contributed by atoms with Crippen LogP contribution in [0.1, 0.15) is 27.7 Å². The fourth-order valence-electron chi connectivity index (χ4n) is 2.31. The predicted molar refractivity (Wildman–Crippen MR) is 85.7 cm³/mol. The maximum Gasteiger partial charge on any atom is 0.270 e. The first-order chi connectivity index (χ1) is 10.7. The SMILES string of the molecule is Cn1nccc1C(=O)N[C@@H](Cc1ccsc1)c1cccnc1. The van der Waals surface area contributed by atoms with Gasteiger partial charge in [-0.15, -0.1) is 0 Å². The van der Waals surface area contributed by atoms with Crippen LogP contribution in [0.3, 0.4) is 0 Å². The number of amides is 1. The molecule has 0 aromatic carbocycles. The number of nitrogens with one attached hydrogen (secondary N) is 1. The van der Waals surface area contributed by atoms with Crippen molar-refractivity contribution in [3.8, 4) is 0 Å². The van der Waals surface area contributed by atoms with Crippen molar-refractivity contribution in [2.24, 2.45) is 7.05 Å². The zero-order valence-electron chi connectivity index (χ0n) is 12.1. The van der Waals surface area contributed by atoms with Gasteiger partial charge in [0, 0.05) is 25.6 Å². The highest BCUT2D eigenvalue weighted by Crippen LogP contribution is 2.20. The van der Waals surface area contributed by atoms with Gasteiger partial charge in [-0.3, -0.25) is 14.5 Å². The number of pyridine rings is 1. The maximum absolute atomic E-state index is 12.4. The zero-order chi connectivity index (χ0) is 15.4. The molecule has 3 aromatic heterocycles. The molecule has 0 saturated heterocycles. The highest BCUT2D eigenvalue weighted by molar-refractivity contribution is 7.07. The van der Waals surface area contributed by atoms with Gasteiger partial charge >= 0.3 is 0 Å². The molecule has 6 heteroatoms. The summed E-state index contributed by atoms with van der Waals surface area (Å²) in [5.41, 5.74) is 2.73. The highest BCUT2D eigenvalue weighted by atomic mass is 32.1. The molecular weight excluding hydrogens is 296 g/mol. The Labute approximate surface area is 132 Å². The van der Waals surface area contributed by atoms with Crippen LogP contribution >= 0.6 is 11.3 Å². The van der Waals surface area contributed by atoms with Crippen LogP contribution in [0.15, 0.2) is 53.6 Å². The van der Waals surface area contributed by atoms with Crippen LogP contribution in [0.2, 0.25) is 0 Å². The lowest BCUT2D eigenvalue weighted by Crippen LogP contribution is -2.31. The third-order valence-corrected chi connectivity index (χ3v) is 4.20. The van der Waals surface area contributed by atoms with Crippen LogP contribution in [-0.2, 0) is 13.5 Å². The Morgan fingerprint density at radius 2 is 2.27 bits per heavy atom. The number of carbonyl (C=O) groups excluding carboxylic acids is 1. The summed E-state index contributed by atoms with van der Waals surface area (Å²) in [5.74, 6) is -0.135. The number of rotatable bonds is 5. The van der Waals surface area contributed by atoms with Gasteiger partial charge in [0.2, 0.25) is 0 Å². The maximum atomic E-state index is 12.4. The molecule has 0 saturated carbocycles. The Morgan fingerprint density at radius 3 is 2.91 bits per heavy atom. The smallest absolute Gasteiger partial charge is 0.270 e. The van der Waals surface area contributed by atoms with Crippen LogP contribution in [-0.4, -0.2) is 20.7 Å². The predicted octanol–water partition coefficient (Wildman–Crippen LogP) is 2.59. The van der Waals surface area contributed by atoms with Crippen molar-refractivity contribution in [1.82, 2.24) is 20.1 Å². The molecular formula is C16H16N4OS. The van der Waals surface area contributed by atoms with Gasteiger partial charge in [-0.1, -0.05) is 6.07 Å². The van der Waals surface area contributed by atoms with Crippen molar-refractivity contribution < 1.29 is 4.79 Å². The van der Waals surface area contributed by atoms with Crippen molar-refractivity contribution in [2.75, 3.05) is 0 Å². The van der Waals surface area contributed by atoms with E-state index in [1.54, 1.807) is 47.7 Å². The summed E-state index contributed by atoms with van der Waals surface area (Å²) >= 11 is 1.65. The van der Waals surface area contributed by atoms with E-state index in [9.17, 15) is 4.79 Å². The second-order valence-corrected chi connectivity index (χ2v) is 5.77. The molecule has 0 bridgehead atoms. The van der Waals surface area contributed by atoms with Crippen molar-refractivity contribution in [3.63, 3.8) is 0 Å². The van der Waals surface area contributed by atoms with E-state index in [4.69, 9.17) is 0 Å². The highest BCUT2D eigenvalue weighted by Gasteiger charge is 2.18. The van der Waals surface area contributed by atoms with Gasteiger partial charge in [-0.05, 0) is 46.5 Å². The van der Waals surface area contributed by atoms with Crippen LogP contribution in [0, 0.1) is 0 Å². The number of aromatic nitrogens is 3. The lowest BCUT2D eigenvalue weighted by atomic mass is 10.0. The van der Waals surface area contributed by atoms with E-state index < -0.39 is 0 Å². The molecule has 112 valence electrons. The van der Waals surface area contributed by atoms with Gasteiger partial charge in [-0.25, -0.2) is 0 Å². The molecule has 0 aliphatic rings. The summed E-state index contributed by atoms with van der Waals surface area (Å²) in [6.07, 6.45) is 5.88. The van der Waals surface area contributed by atoms with E-state index >= 15 is 0 Å². The van der Waals surface area contributed by atoms with Crippen LogP contribution in [0.5, 0.6) is 0 Å². The summed E-state index contributed by atoms with van der Waals surface area (Å²) < 4.78 is 1.57. The molecule has 3 aromatic rings. The number of thiophene rings is 1. The molecule has 1 amide bonds. The second-order valence-electron chi connectivity index (χ2n) is 4.99. The molecule has 0 aliphatic carbocycles. The number of aryl methyl sites for hydroxylation is 1. The molecule has 22 heavy (non-hydrogen) atoms.